The van der Waals surface area contributed by atoms with Gasteiger partial charge in [0.15, 0.2) is 0 Å². The van der Waals surface area contributed by atoms with Gasteiger partial charge >= 0.3 is 6.18 Å². The van der Waals surface area contributed by atoms with Crippen molar-refractivity contribution in [2.75, 3.05) is 0 Å². The van der Waals surface area contributed by atoms with E-state index in [2.05, 4.69) is 5.32 Å². The Morgan fingerprint density at radius 3 is 2.12 bits per heavy atom. The van der Waals surface area contributed by atoms with E-state index in [1.807, 2.05) is 0 Å². The lowest BCUT2D eigenvalue weighted by atomic mass is 9.65. The lowest BCUT2D eigenvalue weighted by Crippen LogP contribution is -2.51. The van der Waals surface area contributed by atoms with E-state index in [1.165, 1.54) is 6.42 Å². The molecule has 0 heterocycles. The first-order chi connectivity index (χ1) is 10.8. The van der Waals surface area contributed by atoms with E-state index in [1.54, 1.807) is 0 Å². The highest BCUT2D eigenvalue weighted by Gasteiger charge is 2.44. The van der Waals surface area contributed by atoms with Gasteiger partial charge in [-0.15, -0.1) is 12.4 Å². The molecule has 1 amide bonds. The van der Waals surface area contributed by atoms with Crippen LogP contribution in [-0.4, -0.2) is 24.2 Å². The van der Waals surface area contributed by atoms with Crippen LogP contribution in [-0.2, 0) is 4.79 Å². The second-order valence-electron chi connectivity index (χ2n) is 7.81. The smallest absolute Gasteiger partial charge is 0.353 e. The van der Waals surface area contributed by atoms with Gasteiger partial charge in [0, 0.05) is 18.0 Å². The molecule has 3 fully saturated rings. The summed E-state index contributed by atoms with van der Waals surface area (Å²) >= 11 is 0. The zero-order chi connectivity index (χ0) is 16.6. The highest BCUT2D eigenvalue weighted by atomic mass is 35.5. The van der Waals surface area contributed by atoms with Crippen molar-refractivity contribution in [1.82, 2.24) is 5.32 Å². The molecule has 2 bridgehead atoms. The molecular weight excluding hydrogens is 341 g/mol. The molecule has 7 heteroatoms. The maximum Gasteiger partial charge on any atom is 0.391 e. The second-order valence-corrected chi connectivity index (χ2v) is 7.81. The molecule has 0 spiro atoms. The molecule has 3 N–H and O–H groups in total. The topological polar surface area (TPSA) is 55.1 Å². The number of fused-ring (bicyclic) bond motifs is 2. The maximum absolute atomic E-state index is 12.9. The summed E-state index contributed by atoms with van der Waals surface area (Å²) in [4.78, 5) is 12.5. The number of hydrogen-bond acceptors (Lipinski definition) is 2. The largest absolute Gasteiger partial charge is 0.391 e. The van der Waals surface area contributed by atoms with Crippen molar-refractivity contribution in [1.29, 1.82) is 0 Å². The minimum Gasteiger partial charge on any atom is -0.353 e. The zero-order valence-corrected chi connectivity index (χ0v) is 14.7. The summed E-state index contributed by atoms with van der Waals surface area (Å²) in [6, 6.07) is -0.115. The van der Waals surface area contributed by atoms with E-state index in [4.69, 9.17) is 5.73 Å². The first kappa shape index (κ1) is 19.8. The number of carbonyl (C=O) groups excluding carboxylic acids is 1. The normalized spacial score (nSPS) is 39.7. The fraction of sp³-hybridized carbons (Fsp3) is 0.941. The minimum absolute atomic E-state index is 0. The number of hydrogen-bond donors (Lipinski definition) is 2. The molecule has 0 aromatic rings. The molecule has 0 aromatic carbocycles. The van der Waals surface area contributed by atoms with E-state index in [9.17, 15) is 18.0 Å². The summed E-state index contributed by atoms with van der Waals surface area (Å²) < 4.78 is 38.6. The van der Waals surface area contributed by atoms with Crippen LogP contribution in [0.2, 0.25) is 0 Å². The van der Waals surface area contributed by atoms with Crippen LogP contribution in [0.4, 0.5) is 13.2 Å². The highest BCUT2D eigenvalue weighted by molar-refractivity contribution is 5.85. The van der Waals surface area contributed by atoms with Crippen LogP contribution in [0.1, 0.15) is 57.8 Å². The Hall–Kier alpha value is -0.490. The monoisotopic (exact) mass is 368 g/mol. The third-order valence-corrected chi connectivity index (χ3v) is 6.27. The molecule has 3 aliphatic rings. The number of halogens is 4. The van der Waals surface area contributed by atoms with Crippen molar-refractivity contribution in [2.24, 2.45) is 29.4 Å². The first-order valence-corrected chi connectivity index (χ1v) is 8.97. The predicted molar refractivity (Wildman–Crippen MR) is 88.7 cm³/mol. The molecule has 0 radical (unpaired) electrons. The Balaban J connectivity index is 0.00000208. The molecule has 3 rings (SSSR count). The maximum atomic E-state index is 12.9. The Kier molecular flexibility index (Phi) is 6.46. The Labute approximate surface area is 147 Å². The highest BCUT2D eigenvalue weighted by Crippen LogP contribution is 2.42. The van der Waals surface area contributed by atoms with Gasteiger partial charge in [-0.3, -0.25) is 4.79 Å². The molecule has 3 saturated carbocycles. The van der Waals surface area contributed by atoms with Gasteiger partial charge in [0.1, 0.15) is 0 Å². The van der Waals surface area contributed by atoms with Gasteiger partial charge in [0.2, 0.25) is 5.91 Å². The number of alkyl halides is 3. The van der Waals surface area contributed by atoms with Crippen LogP contribution in [0, 0.1) is 23.7 Å². The van der Waals surface area contributed by atoms with Crippen molar-refractivity contribution in [3.63, 3.8) is 0 Å². The van der Waals surface area contributed by atoms with Gasteiger partial charge in [-0.05, 0) is 56.8 Å². The third-order valence-electron chi connectivity index (χ3n) is 6.27. The number of carbonyl (C=O) groups is 1. The molecule has 0 aliphatic heterocycles. The molecule has 3 nitrogen and oxygen atoms in total. The lowest BCUT2D eigenvalue weighted by Gasteiger charge is -2.44. The number of amides is 1. The summed E-state index contributed by atoms with van der Waals surface area (Å²) in [5.74, 6) is -0.543. The Morgan fingerprint density at radius 1 is 0.958 bits per heavy atom. The molecule has 24 heavy (non-hydrogen) atoms. The fourth-order valence-electron chi connectivity index (χ4n) is 4.94. The van der Waals surface area contributed by atoms with E-state index >= 15 is 0 Å². The number of nitrogens with two attached hydrogens (primary N) is 1. The second kappa shape index (κ2) is 7.81. The summed E-state index contributed by atoms with van der Waals surface area (Å²) in [5, 5.41) is 2.92. The average Bonchev–Trinajstić information content (AvgIpc) is 2.46. The zero-order valence-electron chi connectivity index (χ0n) is 13.9. The van der Waals surface area contributed by atoms with Crippen molar-refractivity contribution >= 4 is 18.3 Å². The molecule has 140 valence electrons. The molecule has 3 aliphatic carbocycles. The fourth-order valence-corrected chi connectivity index (χ4v) is 4.94. The van der Waals surface area contributed by atoms with E-state index < -0.39 is 12.1 Å². The molecule has 0 aromatic heterocycles. The quantitative estimate of drug-likeness (QED) is 0.779. The van der Waals surface area contributed by atoms with Crippen LogP contribution in [0.15, 0.2) is 0 Å². The van der Waals surface area contributed by atoms with Gasteiger partial charge in [0.05, 0.1) is 5.92 Å². The SMILES string of the molecule is Cl.NC1C2CCCC1CC(C(=O)NC1CCCC(C(F)(F)F)C1)C2. The van der Waals surface area contributed by atoms with E-state index in [0.29, 0.717) is 24.7 Å². The van der Waals surface area contributed by atoms with Crippen LogP contribution in [0.25, 0.3) is 0 Å². The summed E-state index contributed by atoms with van der Waals surface area (Å²) in [5.41, 5.74) is 6.24. The summed E-state index contributed by atoms with van der Waals surface area (Å²) in [7, 11) is 0. The lowest BCUT2D eigenvalue weighted by molar-refractivity contribution is -0.184. The van der Waals surface area contributed by atoms with E-state index in [-0.39, 0.29) is 49.2 Å². The molecular formula is C17H28ClF3N2O. The first-order valence-electron chi connectivity index (χ1n) is 8.97. The Morgan fingerprint density at radius 2 is 1.54 bits per heavy atom. The van der Waals surface area contributed by atoms with Crippen molar-refractivity contribution < 1.29 is 18.0 Å². The van der Waals surface area contributed by atoms with Gasteiger partial charge in [0.25, 0.3) is 0 Å². The van der Waals surface area contributed by atoms with E-state index in [0.717, 1.165) is 25.7 Å². The van der Waals surface area contributed by atoms with Gasteiger partial charge in [-0.2, -0.15) is 13.2 Å². The average molecular weight is 369 g/mol. The minimum atomic E-state index is -4.14. The van der Waals surface area contributed by atoms with Crippen LogP contribution >= 0.6 is 12.4 Å². The molecule has 4 atom stereocenters. The number of rotatable bonds is 2. The van der Waals surface area contributed by atoms with Crippen LogP contribution in [0.5, 0.6) is 0 Å². The molecule has 4 unspecified atom stereocenters. The van der Waals surface area contributed by atoms with Crippen LogP contribution < -0.4 is 11.1 Å². The van der Waals surface area contributed by atoms with Gasteiger partial charge in [-0.1, -0.05) is 12.8 Å². The summed E-state index contributed by atoms with van der Waals surface area (Å²) in [6.45, 7) is 0. The third kappa shape index (κ3) is 4.37. The Bertz CT molecular complexity index is 432. The standard InChI is InChI=1S/C17H27F3N2O.ClH/c18-17(19,20)13-5-2-6-14(9-13)22-16(23)12-7-10-3-1-4-11(8-12)15(10)21;/h10-15H,1-9,21H2,(H,22,23);1H. The van der Waals surface area contributed by atoms with Crippen molar-refractivity contribution in [3.8, 4) is 0 Å². The van der Waals surface area contributed by atoms with Crippen molar-refractivity contribution in [2.45, 2.75) is 76.0 Å². The number of nitrogens with one attached hydrogen (secondary N) is 1. The van der Waals surface area contributed by atoms with Gasteiger partial charge < -0.3 is 11.1 Å². The molecule has 0 saturated heterocycles. The van der Waals surface area contributed by atoms with Crippen molar-refractivity contribution in [3.05, 3.63) is 0 Å². The van der Waals surface area contributed by atoms with Crippen LogP contribution in [0.3, 0.4) is 0 Å². The predicted octanol–water partition coefficient (Wildman–Crippen LogP) is 3.80. The van der Waals surface area contributed by atoms with Gasteiger partial charge in [-0.25, -0.2) is 0 Å². The summed E-state index contributed by atoms with van der Waals surface area (Å²) in [6.07, 6.45) is 2.26.